The van der Waals surface area contributed by atoms with Crippen molar-refractivity contribution in [3.8, 4) is 5.75 Å². The van der Waals surface area contributed by atoms with Crippen LogP contribution in [0.5, 0.6) is 5.75 Å². The number of carbonyl (C=O) groups excluding carboxylic acids is 2. The topological polar surface area (TPSA) is 52.6 Å². The van der Waals surface area contributed by atoms with Crippen LogP contribution in [0.25, 0.3) is 0 Å². The first-order valence-corrected chi connectivity index (χ1v) is 5.49. The molecule has 0 radical (unpaired) electrons. The summed E-state index contributed by atoms with van der Waals surface area (Å²) in [5.41, 5.74) is 0.305. The van der Waals surface area contributed by atoms with E-state index in [-0.39, 0.29) is 0 Å². The van der Waals surface area contributed by atoms with Crippen LogP contribution in [0.4, 0.5) is 0 Å². The Bertz CT molecular complexity index is 417. The highest BCUT2D eigenvalue weighted by Gasteiger charge is 2.20. The summed E-state index contributed by atoms with van der Waals surface area (Å²) in [6, 6.07) is 4.62. The van der Waals surface area contributed by atoms with Gasteiger partial charge in [0.2, 0.25) is 0 Å². The van der Waals surface area contributed by atoms with E-state index < -0.39 is 12.1 Å². The zero-order valence-corrected chi connectivity index (χ0v) is 10.4. The number of hydrogen-bond acceptors (Lipinski definition) is 4. The standard InChI is InChI=1S/C12H13ClO4/c1-3-10(12(15)16-2)17-11-5-4-9(13)6-8(11)7-14/h4-7,10H,3H2,1-2H3. The molecule has 1 rings (SSSR count). The highest BCUT2D eigenvalue weighted by molar-refractivity contribution is 6.30. The van der Waals surface area contributed by atoms with Gasteiger partial charge in [0.1, 0.15) is 5.75 Å². The molecule has 0 bridgehead atoms. The fourth-order valence-electron chi connectivity index (χ4n) is 1.30. The molecular weight excluding hydrogens is 244 g/mol. The molecular formula is C12H13ClO4. The van der Waals surface area contributed by atoms with Gasteiger partial charge in [0, 0.05) is 5.02 Å². The summed E-state index contributed by atoms with van der Waals surface area (Å²) in [7, 11) is 1.29. The summed E-state index contributed by atoms with van der Waals surface area (Å²) in [5.74, 6) is -0.152. The van der Waals surface area contributed by atoms with Crippen LogP contribution in [0.1, 0.15) is 23.7 Å². The summed E-state index contributed by atoms with van der Waals surface area (Å²) in [5, 5.41) is 0.436. The molecule has 4 nitrogen and oxygen atoms in total. The average molecular weight is 257 g/mol. The number of halogens is 1. The molecule has 0 saturated carbocycles. The molecule has 92 valence electrons. The predicted octanol–water partition coefficient (Wildman–Crippen LogP) is 2.48. The molecule has 1 aromatic carbocycles. The Labute approximate surface area is 104 Å². The van der Waals surface area contributed by atoms with Crippen molar-refractivity contribution in [2.24, 2.45) is 0 Å². The Morgan fingerprint density at radius 1 is 1.53 bits per heavy atom. The maximum Gasteiger partial charge on any atom is 0.347 e. The fraction of sp³-hybridized carbons (Fsp3) is 0.333. The summed E-state index contributed by atoms with van der Waals surface area (Å²) in [4.78, 5) is 22.2. The van der Waals surface area contributed by atoms with Gasteiger partial charge in [-0.2, -0.15) is 0 Å². The second-order valence-corrected chi connectivity index (χ2v) is 3.77. The molecule has 0 aromatic heterocycles. The normalized spacial score (nSPS) is 11.7. The number of carbonyl (C=O) groups is 2. The van der Waals surface area contributed by atoms with Crippen molar-refractivity contribution in [3.05, 3.63) is 28.8 Å². The third kappa shape index (κ3) is 3.46. The molecule has 17 heavy (non-hydrogen) atoms. The lowest BCUT2D eigenvalue weighted by Crippen LogP contribution is -2.28. The minimum absolute atomic E-state index is 0.305. The van der Waals surface area contributed by atoms with E-state index >= 15 is 0 Å². The highest BCUT2D eigenvalue weighted by atomic mass is 35.5. The second kappa shape index (κ2) is 6.25. The van der Waals surface area contributed by atoms with Crippen LogP contribution in [0.15, 0.2) is 18.2 Å². The van der Waals surface area contributed by atoms with Gasteiger partial charge >= 0.3 is 5.97 Å². The number of benzene rings is 1. The zero-order chi connectivity index (χ0) is 12.8. The largest absolute Gasteiger partial charge is 0.478 e. The molecule has 5 heteroatoms. The molecule has 1 aromatic rings. The first-order chi connectivity index (χ1) is 8.12. The third-order valence-corrected chi connectivity index (χ3v) is 2.44. The lowest BCUT2D eigenvalue weighted by Gasteiger charge is -2.16. The summed E-state index contributed by atoms with van der Waals surface area (Å²) in [6.07, 6.45) is 0.360. The van der Waals surface area contributed by atoms with Crippen molar-refractivity contribution in [2.45, 2.75) is 19.4 Å². The number of esters is 1. The summed E-state index contributed by atoms with van der Waals surface area (Å²) in [6.45, 7) is 1.79. The van der Waals surface area contributed by atoms with E-state index in [1.807, 2.05) is 0 Å². The number of ether oxygens (including phenoxy) is 2. The van der Waals surface area contributed by atoms with Crippen LogP contribution >= 0.6 is 11.6 Å². The highest BCUT2D eigenvalue weighted by Crippen LogP contribution is 2.23. The number of hydrogen-bond donors (Lipinski definition) is 0. The van der Waals surface area contributed by atoms with Gasteiger partial charge in [0.15, 0.2) is 12.4 Å². The zero-order valence-electron chi connectivity index (χ0n) is 9.60. The maximum absolute atomic E-state index is 11.4. The molecule has 0 saturated heterocycles. The van der Waals surface area contributed by atoms with E-state index in [1.54, 1.807) is 19.1 Å². The quantitative estimate of drug-likeness (QED) is 0.600. The van der Waals surface area contributed by atoms with Crippen molar-refractivity contribution in [1.82, 2.24) is 0 Å². The van der Waals surface area contributed by atoms with Gasteiger partial charge in [-0.3, -0.25) is 4.79 Å². The van der Waals surface area contributed by atoms with Crippen LogP contribution in [-0.2, 0) is 9.53 Å². The molecule has 1 unspecified atom stereocenters. The van der Waals surface area contributed by atoms with Gasteiger partial charge in [-0.15, -0.1) is 0 Å². The van der Waals surface area contributed by atoms with Crippen LogP contribution < -0.4 is 4.74 Å². The maximum atomic E-state index is 11.4. The van der Waals surface area contributed by atoms with Gasteiger partial charge in [0.05, 0.1) is 12.7 Å². The number of aldehydes is 1. The molecule has 0 fully saturated rings. The van der Waals surface area contributed by atoms with Crippen molar-refractivity contribution in [1.29, 1.82) is 0 Å². The Morgan fingerprint density at radius 2 is 2.24 bits per heavy atom. The van der Waals surface area contributed by atoms with Gasteiger partial charge in [0.25, 0.3) is 0 Å². The lowest BCUT2D eigenvalue weighted by molar-refractivity contribution is -0.148. The van der Waals surface area contributed by atoms with Crippen LogP contribution in [0.3, 0.4) is 0 Å². The van der Waals surface area contributed by atoms with Crippen molar-refractivity contribution < 1.29 is 19.1 Å². The smallest absolute Gasteiger partial charge is 0.347 e. The van der Waals surface area contributed by atoms with Crippen molar-refractivity contribution >= 4 is 23.9 Å². The van der Waals surface area contributed by atoms with Crippen molar-refractivity contribution in [2.75, 3.05) is 7.11 Å². The first kappa shape index (κ1) is 13.5. The monoisotopic (exact) mass is 256 g/mol. The molecule has 0 heterocycles. The van der Waals surface area contributed by atoms with Gasteiger partial charge in [-0.1, -0.05) is 18.5 Å². The van der Waals surface area contributed by atoms with E-state index in [0.717, 1.165) is 0 Å². The Kier molecular flexibility index (Phi) is 4.97. The Hall–Kier alpha value is -1.55. The summed E-state index contributed by atoms with van der Waals surface area (Å²) >= 11 is 5.75. The average Bonchev–Trinajstić information content (AvgIpc) is 2.36. The first-order valence-electron chi connectivity index (χ1n) is 5.11. The second-order valence-electron chi connectivity index (χ2n) is 3.34. The fourth-order valence-corrected chi connectivity index (χ4v) is 1.48. The molecule has 0 aliphatic heterocycles. The Morgan fingerprint density at radius 3 is 2.76 bits per heavy atom. The molecule has 0 aliphatic carbocycles. The number of rotatable bonds is 5. The lowest BCUT2D eigenvalue weighted by atomic mass is 10.2. The van der Waals surface area contributed by atoms with Gasteiger partial charge in [-0.05, 0) is 24.6 Å². The van der Waals surface area contributed by atoms with E-state index in [2.05, 4.69) is 4.74 Å². The van der Waals surface area contributed by atoms with Crippen LogP contribution in [-0.4, -0.2) is 25.5 Å². The van der Waals surface area contributed by atoms with Gasteiger partial charge in [-0.25, -0.2) is 4.79 Å². The van der Waals surface area contributed by atoms with Crippen molar-refractivity contribution in [3.63, 3.8) is 0 Å². The van der Waals surface area contributed by atoms with Crippen LogP contribution in [0.2, 0.25) is 5.02 Å². The predicted molar refractivity (Wildman–Crippen MR) is 63.6 cm³/mol. The van der Waals surface area contributed by atoms with E-state index in [9.17, 15) is 9.59 Å². The van der Waals surface area contributed by atoms with Crippen LogP contribution in [0, 0.1) is 0 Å². The number of methoxy groups -OCH3 is 1. The van der Waals surface area contributed by atoms with E-state index in [0.29, 0.717) is 29.0 Å². The van der Waals surface area contributed by atoms with Gasteiger partial charge < -0.3 is 9.47 Å². The van der Waals surface area contributed by atoms with E-state index in [1.165, 1.54) is 13.2 Å². The summed E-state index contributed by atoms with van der Waals surface area (Å²) < 4.78 is 10.0. The Balaban J connectivity index is 2.93. The molecule has 0 spiro atoms. The minimum Gasteiger partial charge on any atom is -0.478 e. The molecule has 0 amide bonds. The van der Waals surface area contributed by atoms with E-state index in [4.69, 9.17) is 16.3 Å². The SMILES string of the molecule is CCC(Oc1ccc(Cl)cc1C=O)C(=O)OC. The third-order valence-electron chi connectivity index (χ3n) is 2.20. The minimum atomic E-state index is -0.722. The molecule has 0 aliphatic rings. The molecule has 0 N–H and O–H groups in total. The molecule has 1 atom stereocenters.